The van der Waals surface area contributed by atoms with Gasteiger partial charge < -0.3 is 5.32 Å². The van der Waals surface area contributed by atoms with E-state index in [0.717, 1.165) is 55.5 Å². The third-order valence-electron chi connectivity index (χ3n) is 4.55. The van der Waals surface area contributed by atoms with E-state index in [9.17, 15) is 13.2 Å². The lowest BCUT2D eigenvalue weighted by molar-refractivity contribution is -0.119. The number of nitrogens with zero attached hydrogens (tertiary/aromatic N) is 1. The molecule has 1 aliphatic carbocycles. The van der Waals surface area contributed by atoms with Crippen LogP contribution in [0.2, 0.25) is 0 Å². The van der Waals surface area contributed by atoms with Crippen molar-refractivity contribution in [2.75, 3.05) is 22.4 Å². The zero-order valence-corrected chi connectivity index (χ0v) is 13.7. The molecule has 1 aromatic carbocycles. The predicted octanol–water partition coefficient (Wildman–Crippen LogP) is 2.53. The van der Waals surface area contributed by atoms with Gasteiger partial charge in [-0.2, -0.15) is 0 Å². The van der Waals surface area contributed by atoms with Crippen LogP contribution in [0.1, 0.15) is 37.7 Å². The van der Waals surface area contributed by atoms with Gasteiger partial charge in [-0.05, 0) is 49.4 Å². The maximum atomic E-state index is 12.2. The SMILES string of the molecule is CS(=O)(=O)N1CCCc2cc(NC(=O)C3CCCC3)ccc21. The van der Waals surface area contributed by atoms with Gasteiger partial charge in [0.2, 0.25) is 15.9 Å². The first-order chi connectivity index (χ1) is 10.4. The summed E-state index contributed by atoms with van der Waals surface area (Å²) in [6.45, 7) is 0.527. The first-order valence-corrected chi connectivity index (χ1v) is 9.71. The standard InChI is InChI=1S/C16H22N2O3S/c1-22(20,21)18-10-4-7-13-11-14(8-9-15(13)18)17-16(19)12-5-2-3-6-12/h8-9,11-12H,2-7,10H2,1H3,(H,17,19). The van der Waals surface area contributed by atoms with Crippen LogP contribution in [0.4, 0.5) is 11.4 Å². The van der Waals surface area contributed by atoms with Crippen molar-refractivity contribution < 1.29 is 13.2 Å². The van der Waals surface area contributed by atoms with Crippen LogP contribution < -0.4 is 9.62 Å². The quantitative estimate of drug-likeness (QED) is 0.930. The Hall–Kier alpha value is -1.56. The molecule has 2 aliphatic rings. The molecular weight excluding hydrogens is 300 g/mol. The molecule has 5 nitrogen and oxygen atoms in total. The molecule has 1 fully saturated rings. The third kappa shape index (κ3) is 3.11. The van der Waals surface area contributed by atoms with Crippen LogP contribution in [-0.4, -0.2) is 27.1 Å². The second-order valence-corrected chi connectivity index (χ2v) is 8.16. The van der Waals surface area contributed by atoms with Crippen molar-refractivity contribution >= 4 is 27.3 Å². The second kappa shape index (κ2) is 5.91. The van der Waals surface area contributed by atoms with Crippen molar-refractivity contribution in [2.45, 2.75) is 38.5 Å². The lowest BCUT2D eigenvalue weighted by Crippen LogP contribution is -2.34. The van der Waals surface area contributed by atoms with Crippen LogP contribution in [0.15, 0.2) is 18.2 Å². The largest absolute Gasteiger partial charge is 0.326 e. The van der Waals surface area contributed by atoms with Gasteiger partial charge in [-0.25, -0.2) is 8.42 Å². The average Bonchev–Trinajstić information content (AvgIpc) is 2.99. The van der Waals surface area contributed by atoms with E-state index in [2.05, 4.69) is 5.32 Å². The zero-order valence-electron chi connectivity index (χ0n) is 12.8. The number of carbonyl (C=O) groups is 1. The van der Waals surface area contributed by atoms with Gasteiger partial charge in [0, 0.05) is 18.2 Å². The highest BCUT2D eigenvalue weighted by Gasteiger charge is 2.25. The zero-order chi connectivity index (χ0) is 15.7. The Balaban J connectivity index is 1.80. The lowest BCUT2D eigenvalue weighted by Gasteiger charge is -2.29. The van der Waals surface area contributed by atoms with Crippen LogP contribution in [0.3, 0.4) is 0 Å². The molecule has 1 aromatic rings. The molecule has 1 amide bonds. The number of fused-ring (bicyclic) bond motifs is 1. The average molecular weight is 322 g/mol. The second-order valence-electron chi connectivity index (χ2n) is 6.25. The fourth-order valence-corrected chi connectivity index (χ4v) is 4.41. The number of benzene rings is 1. The van der Waals surface area contributed by atoms with Gasteiger partial charge in [-0.1, -0.05) is 12.8 Å². The van der Waals surface area contributed by atoms with E-state index in [1.165, 1.54) is 10.6 Å². The monoisotopic (exact) mass is 322 g/mol. The predicted molar refractivity (Wildman–Crippen MR) is 87.5 cm³/mol. The summed E-state index contributed by atoms with van der Waals surface area (Å²) in [7, 11) is -3.24. The number of amides is 1. The number of hydrogen-bond donors (Lipinski definition) is 1. The Bertz CT molecular complexity index is 679. The van der Waals surface area contributed by atoms with Gasteiger partial charge in [0.15, 0.2) is 0 Å². The highest BCUT2D eigenvalue weighted by atomic mass is 32.2. The van der Waals surface area contributed by atoms with Gasteiger partial charge in [0.1, 0.15) is 0 Å². The van der Waals surface area contributed by atoms with Crippen molar-refractivity contribution in [1.29, 1.82) is 0 Å². The summed E-state index contributed by atoms with van der Waals surface area (Å²) >= 11 is 0. The van der Waals surface area contributed by atoms with Gasteiger partial charge in [-0.3, -0.25) is 9.10 Å². The first-order valence-electron chi connectivity index (χ1n) is 7.86. The molecule has 3 rings (SSSR count). The third-order valence-corrected chi connectivity index (χ3v) is 5.73. The maximum absolute atomic E-state index is 12.2. The summed E-state index contributed by atoms with van der Waals surface area (Å²) < 4.78 is 25.1. The highest BCUT2D eigenvalue weighted by molar-refractivity contribution is 7.92. The molecule has 1 saturated carbocycles. The molecule has 0 bridgehead atoms. The molecule has 0 radical (unpaired) electrons. The molecule has 0 saturated heterocycles. The van der Waals surface area contributed by atoms with Gasteiger partial charge in [0.05, 0.1) is 11.9 Å². The number of nitrogens with one attached hydrogen (secondary N) is 1. The van der Waals surface area contributed by atoms with Crippen LogP contribution in [0, 0.1) is 5.92 Å². The van der Waals surface area contributed by atoms with E-state index in [1.54, 1.807) is 12.1 Å². The Morgan fingerprint density at radius 3 is 2.64 bits per heavy atom. The van der Waals surface area contributed by atoms with Crippen molar-refractivity contribution in [3.8, 4) is 0 Å². The summed E-state index contributed by atoms with van der Waals surface area (Å²) in [5.74, 6) is 0.219. The number of aryl methyl sites for hydroxylation is 1. The van der Waals surface area contributed by atoms with Gasteiger partial charge >= 0.3 is 0 Å². The van der Waals surface area contributed by atoms with Crippen LogP contribution in [-0.2, 0) is 21.2 Å². The minimum absolute atomic E-state index is 0.0910. The van der Waals surface area contributed by atoms with Crippen molar-refractivity contribution in [2.24, 2.45) is 5.92 Å². The van der Waals surface area contributed by atoms with Crippen molar-refractivity contribution in [3.05, 3.63) is 23.8 Å². The number of carbonyl (C=O) groups excluding carboxylic acids is 1. The Morgan fingerprint density at radius 2 is 1.95 bits per heavy atom. The van der Waals surface area contributed by atoms with Gasteiger partial charge in [-0.15, -0.1) is 0 Å². The molecular formula is C16H22N2O3S. The molecule has 1 heterocycles. The Morgan fingerprint density at radius 1 is 1.23 bits per heavy atom. The van der Waals surface area contributed by atoms with E-state index in [4.69, 9.17) is 0 Å². The Labute approximate surface area is 131 Å². The van der Waals surface area contributed by atoms with Crippen LogP contribution in [0.25, 0.3) is 0 Å². The smallest absolute Gasteiger partial charge is 0.232 e. The molecule has 1 N–H and O–H groups in total. The number of rotatable bonds is 3. The molecule has 6 heteroatoms. The first kappa shape index (κ1) is 15.3. The molecule has 0 unspecified atom stereocenters. The fourth-order valence-electron chi connectivity index (χ4n) is 3.42. The molecule has 1 aliphatic heterocycles. The number of anilines is 2. The topological polar surface area (TPSA) is 66.5 Å². The van der Waals surface area contributed by atoms with Crippen LogP contribution >= 0.6 is 0 Å². The van der Waals surface area contributed by atoms with Crippen molar-refractivity contribution in [3.63, 3.8) is 0 Å². The van der Waals surface area contributed by atoms with Gasteiger partial charge in [0.25, 0.3) is 0 Å². The Kier molecular flexibility index (Phi) is 4.12. The minimum atomic E-state index is -3.24. The van der Waals surface area contributed by atoms with E-state index >= 15 is 0 Å². The fraction of sp³-hybridized carbons (Fsp3) is 0.562. The summed E-state index contributed by atoms with van der Waals surface area (Å²) in [5, 5.41) is 2.98. The minimum Gasteiger partial charge on any atom is -0.326 e. The molecule has 120 valence electrons. The van der Waals surface area contributed by atoms with E-state index in [-0.39, 0.29) is 11.8 Å². The number of sulfonamides is 1. The van der Waals surface area contributed by atoms with E-state index in [1.807, 2.05) is 6.07 Å². The summed E-state index contributed by atoms with van der Waals surface area (Å²) in [5.41, 5.74) is 2.50. The lowest BCUT2D eigenvalue weighted by atomic mass is 10.0. The normalized spacial score (nSPS) is 19.0. The number of hydrogen-bond acceptors (Lipinski definition) is 3. The van der Waals surface area contributed by atoms with E-state index in [0.29, 0.717) is 6.54 Å². The van der Waals surface area contributed by atoms with E-state index < -0.39 is 10.0 Å². The summed E-state index contributed by atoms with van der Waals surface area (Å²) in [6, 6.07) is 5.52. The molecule has 0 aromatic heterocycles. The molecule has 22 heavy (non-hydrogen) atoms. The van der Waals surface area contributed by atoms with Crippen molar-refractivity contribution in [1.82, 2.24) is 0 Å². The molecule has 0 atom stereocenters. The summed E-state index contributed by atoms with van der Waals surface area (Å²) in [6.07, 6.45) is 7.08. The maximum Gasteiger partial charge on any atom is 0.232 e. The van der Waals surface area contributed by atoms with Crippen LogP contribution in [0.5, 0.6) is 0 Å². The highest BCUT2D eigenvalue weighted by Crippen LogP contribution is 2.32. The molecule has 0 spiro atoms. The summed E-state index contributed by atoms with van der Waals surface area (Å²) in [4.78, 5) is 12.2.